The molecule has 0 atom stereocenters. The van der Waals surface area contributed by atoms with Gasteiger partial charge in [0.1, 0.15) is 15.6 Å². The Morgan fingerprint density at radius 2 is 1.84 bits per heavy atom. The van der Waals surface area contributed by atoms with Gasteiger partial charge in [-0.25, -0.2) is 8.42 Å². The van der Waals surface area contributed by atoms with E-state index in [1.807, 2.05) is 30.3 Å². The van der Waals surface area contributed by atoms with Crippen LogP contribution in [-0.2, 0) is 36.3 Å². The van der Waals surface area contributed by atoms with Crippen LogP contribution in [0, 0.1) is 0 Å². The number of alkyl halides is 3. The number of fused-ring (bicyclic) bond motifs is 1. The van der Waals surface area contributed by atoms with Gasteiger partial charge in [-0.2, -0.15) is 22.6 Å². The Bertz CT molecular complexity index is 1620. The number of primary amides is 1. The summed E-state index contributed by atoms with van der Waals surface area (Å²) in [7, 11) is -2.88. The van der Waals surface area contributed by atoms with E-state index in [4.69, 9.17) is 17.3 Å². The van der Waals surface area contributed by atoms with E-state index in [1.165, 1.54) is 23.5 Å². The van der Waals surface area contributed by atoms with Crippen LogP contribution in [0.5, 0.6) is 0 Å². The summed E-state index contributed by atoms with van der Waals surface area (Å²) in [6.07, 6.45) is -4.59. The monoisotopic (exact) mass is 569 g/mol. The standard InChI is InChI=1S/C23H19ClF3N5O3S2/c1-30-17(23(25,26)27)11-14(29-30)16-7-8-18(36-16)37(34,35)31-9-10-32-15(12-31)19(22(28)33)20(24)21(32)13-5-3-2-4-6-13/h2-8,11H,9-10,12H2,1H3,(H2,28,33). The molecule has 1 aliphatic heterocycles. The van der Waals surface area contributed by atoms with Crippen LogP contribution < -0.4 is 5.73 Å². The number of halogens is 4. The SMILES string of the molecule is Cn1nc(-c2ccc(S(=O)(=O)N3CCn4c(c(C(N)=O)c(Cl)c4-c4ccccc4)C3)s2)cc1C(F)(F)F. The summed E-state index contributed by atoms with van der Waals surface area (Å²) in [6.45, 7) is 0.162. The van der Waals surface area contributed by atoms with Gasteiger partial charge in [0.25, 0.3) is 15.9 Å². The Morgan fingerprint density at radius 3 is 2.46 bits per heavy atom. The average molecular weight is 570 g/mol. The molecule has 14 heteroatoms. The molecule has 194 valence electrons. The lowest BCUT2D eigenvalue weighted by Gasteiger charge is -2.29. The number of nitrogens with two attached hydrogens (primary N) is 1. The Hall–Kier alpha value is -3.13. The molecule has 3 aromatic heterocycles. The topological polar surface area (TPSA) is 103 Å². The third-order valence-electron chi connectivity index (χ3n) is 6.10. The summed E-state index contributed by atoms with van der Waals surface area (Å²) in [5.74, 6) is -0.774. The molecule has 0 saturated carbocycles. The van der Waals surface area contributed by atoms with Crippen molar-refractivity contribution in [2.45, 2.75) is 23.5 Å². The van der Waals surface area contributed by atoms with Crippen molar-refractivity contribution in [3.05, 3.63) is 70.5 Å². The van der Waals surface area contributed by atoms with Crippen molar-refractivity contribution in [2.75, 3.05) is 6.54 Å². The number of hydrogen-bond donors (Lipinski definition) is 1. The number of aryl methyl sites for hydroxylation is 1. The van der Waals surface area contributed by atoms with Crippen molar-refractivity contribution < 1.29 is 26.4 Å². The van der Waals surface area contributed by atoms with Crippen LogP contribution in [0.4, 0.5) is 13.2 Å². The molecule has 0 bridgehead atoms. The van der Waals surface area contributed by atoms with Gasteiger partial charge in [0.2, 0.25) is 0 Å². The molecule has 0 unspecified atom stereocenters. The number of hydrogen-bond acceptors (Lipinski definition) is 5. The summed E-state index contributed by atoms with van der Waals surface area (Å²) in [6, 6.07) is 12.8. The van der Waals surface area contributed by atoms with Gasteiger partial charge in [-0.1, -0.05) is 41.9 Å². The zero-order chi connectivity index (χ0) is 26.7. The van der Waals surface area contributed by atoms with E-state index in [0.29, 0.717) is 16.1 Å². The number of sulfonamides is 1. The predicted octanol–water partition coefficient (Wildman–Crippen LogP) is 4.59. The number of nitrogens with zero attached hydrogens (tertiary/aromatic N) is 4. The van der Waals surface area contributed by atoms with Crippen LogP contribution in [0.1, 0.15) is 21.7 Å². The number of benzene rings is 1. The molecular weight excluding hydrogens is 551 g/mol. The van der Waals surface area contributed by atoms with Crippen molar-refractivity contribution in [3.8, 4) is 21.8 Å². The zero-order valence-electron chi connectivity index (χ0n) is 19.2. The van der Waals surface area contributed by atoms with Crippen LogP contribution in [0.15, 0.2) is 52.7 Å². The highest BCUT2D eigenvalue weighted by Crippen LogP contribution is 2.40. The molecule has 4 aromatic rings. The molecule has 5 rings (SSSR count). The first kappa shape index (κ1) is 25.5. The minimum absolute atomic E-state index is 0.0177. The number of amides is 1. The van der Waals surface area contributed by atoms with Crippen LogP contribution in [0.25, 0.3) is 21.8 Å². The van der Waals surface area contributed by atoms with Crippen LogP contribution >= 0.6 is 22.9 Å². The second-order valence-electron chi connectivity index (χ2n) is 8.36. The van der Waals surface area contributed by atoms with Crippen LogP contribution in [-0.4, -0.2) is 39.5 Å². The lowest BCUT2D eigenvalue weighted by Crippen LogP contribution is -2.38. The number of aromatic nitrogens is 3. The van der Waals surface area contributed by atoms with Crippen molar-refractivity contribution in [2.24, 2.45) is 12.8 Å². The highest BCUT2D eigenvalue weighted by atomic mass is 35.5. The molecule has 4 heterocycles. The molecule has 1 aliphatic rings. The normalized spacial score (nSPS) is 14.6. The maximum atomic E-state index is 13.5. The van der Waals surface area contributed by atoms with Crippen molar-refractivity contribution in [3.63, 3.8) is 0 Å². The maximum Gasteiger partial charge on any atom is 0.433 e. The highest BCUT2D eigenvalue weighted by Gasteiger charge is 2.37. The largest absolute Gasteiger partial charge is 0.433 e. The Morgan fingerprint density at radius 1 is 1.14 bits per heavy atom. The minimum Gasteiger partial charge on any atom is -0.365 e. The van der Waals surface area contributed by atoms with Crippen LogP contribution in [0.3, 0.4) is 0 Å². The van der Waals surface area contributed by atoms with Gasteiger partial charge in [-0.3, -0.25) is 9.48 Å². The van der Waals surface area contributed by atoms with E-state index >= 15 is 0 Å². The molecule has 0 aliphatic carbocycles. The number of rotatable bonds is 5. The van der Waals surface area contributed by atoms with Gasteiger partial charge in [-0.05, 0) is 23.8 Å². The number of carbonyl (C=O) groups excluding carboxylic acids is 1. The molecule has 0 radical (unpaired) electrons. The molecule has 1 aromatic carbocycles. The number of carbonyl (C=O) groups is 1. The third-order valence-corrected chi connectivity index (χ3v) is 9.89. The quantitative estimate of drug-likeness (QED) is 0.379. The molecule has 0 spiro atoms. The first-order valence-electron chi connectivity index (χ1n) is 10.9. The van der Waals surface area contributed by atoms with Crippen molar-refractivity contribution in [1.29, 1.82) is 0 Å². The van der Waals surface area contributed by atoms with E-state index in [2.05, 4.69) is 5.10 Å². The first-order valence-corrected chi connectivity index (χ1v) is 13.5. The molecular formula is C23H19ClF3N5O3S2. The van der Waals surface area contributed by atoms with Gasteiger partial charge < -0.3 is 10.3 Å². The van der Waals surface area contributed by atoms with Crippen molar-refractivity contribution >= 4 is 38.9 Å². The van der Waals surface area contributed by atoms with Gasteiger partial charge in [0, 0.05) is 25.8 Å². The van der Waals surface area contributed by atoms with E-state index in [0.717, 1.165) is 23.0 Å². The molecule has 2 N–H and O–H groups in total. The first-order chi connectivity index (χ1) is 17.4. The summed E-state index contributed by atoms with van der Waals surface area (Å²) in [5.41, 5.74) is 6.46. The number of thiophene rings is 1. The fraction of sp³-hybridized carbons (Fsp3) is 0.217. The second-order valence-corrected chi connectivity index (χ2v) is 12.0. The summed E-state index contributed by atoms with van der Waals surface area (Å²) in [4.78, 5) is 12.6. The smallest absolute Gasteiger partial charge is 0.365 e. The van der Waals surface area contributed by atoms with E-state index in [-0.39, 0.29) is 45.0 Å². The Kier molecular flexibility index (Phi) is 6.21. The van der Waals surface area contributed by atoms with E-state index in [9.17, 15) is 26.4 Å². The summed E-state index contributed by atoms with van der Waals surface area (Å²) < 4.78 is 70.1. The van der Waals surface area contributed by atoms with Gasteiger partial charge in [0.15, 0.2) is 0 Å². The Balaban J connectivity index is 1.49. The van der Waals surface area contributed by atoms with Gasteiger partial charge >= 0.3 is 6.18 Å². The van der Waals surface area contributed by atoms with Crippen LogP contribution in [0.2, 0.25) is 5.02 Å². The summed E-state index contributed by atoms with van der Waals surface area (Å²) >= 11 is 7.39. The lowest BCUT2D eigenvalue weighted by molar-refractivity contribution is -0.143. The molecule has 37 heavy (non-hydrogen) atoms. The predicted molar refractivity (Wildman–Crippen MR) is 133 cm³/mol. The average Bonchev–Trinajstić information content (AvgIpc) is 3.54. The fourth-order valence-electron chi connectivity index (χ4n) is 4.41. The van der Waals surface area contributed by atoms with Crippen molar-refractivity contribution in [1.82, 2.24) is 18.7 Å². The minimum atomic E-state index is -4.59. The molecule has 0 saturated heterocycles. The summed E-state index contributed by atoms with van der Waals surface area (Å²) in [5, 5.41) is 4.04. The second kappa shape index (κ2) is 9.01. The van der Waals surface area contributed by atoms with E-state index in [1.54, 1.807) is 4.57 Å². The lowest BCUT2D eigenvalue weighted by atomic mass is 10.1. The van der Waals surface area contributed by atoms with Gasteiger partial charge in [0.05, 0.1) is 27.7 Å². The third kappa shape index (κ3) is 4.35. The highest BCUT2D eigenvalue weighted by molar-refractivity contribution is 7.91. The van der Waals surface area contributed by atoms with E-state index < -0.39 is 27.8 Å². The maximum absolute atomic E-state index is 13.5. The molecule has 1 amide bonds. The zero-order valence-corrected chi connectivity index (χ0v) is 21.5. The fourth-order valence-corrected chi connectivity index (χ4v) is 7.64. The van der Waals surface area contributed by atoms with Gasteiger partial charge in [-0.15, -0.1) is 11.3 Å². The Labute approximate surface area is 218 Å². The molecule has 8 nitrogen and oxygen atoms in total. The molecule has 0 fully saturated rings.